The number of allylic oxidation sites excluding steroid dienone is 4. The average molecular weight is 979 g/mol. The minimum absolute atomic E-state index is 0.668. The van der Waals surface area contributed by atoms with E-state index >= 15 is 39.5 Å². The van der Waals surface area contributed by atoms with E-state index in [9.17, 15) is 48.3 Å². The second-order valence-electron chi connectivity index (χ2n) is 14.7. The van der Waals surface area contributed by atoms with Crippen LogP contribution in [0.2, 0.25) is 0 Å². The van der Waals surface area contributed by atoms with Crippen molar-refractivity contribution in [3.05, 3.63) is 220 Å². The van der Waals surface area contributed by atoms with Crippen molar-refractivity contribution in [2.75, 3.05) is 0 Å². The summed E-state index contributed by atoms with van der Waals surface area (Å²) in [7, 11) is 0. The van der Waals surface area contributed by atoms with E-state index in [1.54, 1.807) is 0 Å². The molecule has 0 saturated carbocycles. The number of H-pyrrole nitrogens is 4. The molecule has 8 bridgehead atoms. The van der Waals surface area contributed by atoms with Gasteiger partial charge in [-0.05, 0) is 48.5 Å². The number of benzene rings is 3. The molecule has 1 aliphatic carbocycles. The number of hydrogen-bond donors (Lipinski definition) is 4. The summed E-state index contributed by atoms with van der Waals surface area (Å²) in [6.07, 6.45) is -7.12. The van der Waals surface area contributed by atoms with E-state index in [2.05, 4.69) is 19.9 Å². The quantitative estimate of drug-likeness (QED) is 0.0773. The Hall–Kier alpha value is -7.66. The van der Waals surface area contributed by atoms with Gasteiger partial charge in [-0.15, -0.1) is 0 Å². The zero-order chi connectivity index (χ0) is 49.3. The monoisotopic (exact) mass is 978 g/mol. The molecule has 350 valence electrons. The van der Waals surface area contributed by atoms with Crippen LogP contribution in [-0.4, -0.2) is 32.3 Å². The zero-order valence-electron chi connectivity index (χ0n) is 32.3. The lowest BCUT2D eigenvalue weighted by molar-refractivity contribution is 0.186. The molecule has 0 amide bonds. The smallest absolute Gasteiger partial charge is 0.200 e. The minimum atomic E-state index is -3.61. The summed E-state index contributed by atoms with van der Waals surface area (Å²) in [5, 5.41) is -3.53. The van der Waals surface area contributed by atoms with Gasteiger partial charge in [0.25, 0.3) is 0 Å². The zero-order valence-corrected chi connectivity index (χ0v) is 32.3. The lowest BCUT2D eigenvalue weighted by atomic mass is 9.90. The standard InChI is InChI=1S/C44H14F20N4/c45-25-21(26(46)34(54)41(61)33(25)53)17-9-1-2-10(65-9)18(22-27(47)35(55)42(62)36(56)28(22)48)12-5-6-14(67-12)20(24-31(51)39(59)44(64)40(60)32(24)52)16-8-7-15(68-16)19(13-4-3-11(17)66-13)23-29(49)37(57)43(63)38(58)30(23)50/h1-8,25,33,65-68H. The van der Waals surface area contributed by atoms with Gasteiger partial charge in [-0.1, -0.05) is 0 Å². The van der Waals surface area contributed by atoms with Gasteiger partial charge < -0.3 is 19.9 Å². The second kappa shape index (κ2) is 16.0. The van der Waals surface area contributed by atoms with Crippen LogP contribution in [0.3, 0.4) is 0 Å². The number of fused-ring (bicyclic) bond motifs is 8. The molecule has 7 aromatic rings. The van der Waals surface area contributed by atoms with E-state index in [-0.39, 0.29) is 0 Å². The first-order valence-electron chi connectivity index (χ1n) is 18.6. The van der Waals surface area contributed by atoms with Crippen molar-refractivity contribution in [1.82, 2.24) is 19.9 Å². The summed E-state index contributed by atoms with van der Waals surface area (Å²) in [5.41, 5.74) is -15.4. The van der Waals surface area contributed by atoms with Crippen LogP contribution in [0.5, 0.6) is 0 Å². The highest BCUT2D eigenvalue weighted by Gasteiger charge is 2.43. The number of aromatic amines is 4. The van der Waals surface area contributed by atoms with Crippen molar-refractivity contribution in [1.29, 1.82) is 0 Å². The molecule has 0 saturated heterocycles. The predicted molar refractivity (Wildman–Crippen MR) is 195 cm³/mol. The van der Waals surface area contributed by atoms with Crippen LogP contribution in [0.4, 0.5) is 87.8 Å². The van der Waals surface area contributed by atoms with E-state index in [0.717, 1.165) is 0 Å². The highest BCUT2D eigenvalue weighted by atomic mass is 19.2. The maximum atomic E-state index is 15.9. The highest BCUT2D eigenvalue weighted by Crippen LogP contribution is 2.43. The van der Waals surface area contributed by atoms with Crippen LogP contribution in [0.1, 0.15) is 39.5 Å². The Kier molecular flexibility index (Phi) is 10.7. The lowest BCUT2D eigenvalue weighted by Gasteiger charge is -2.23. The Labute approximate surface area is 361 Å². The van der Waals surface area contributed by atoms with Gasteiger partial charge >= 0.3 is 0 Å². The molecule has 4 aromatic heterocycles. The van der Waals surface area contributed by atoms with E-state index < -0.39 is 206 Å². The number of aromatic nitrogens is 4. The molecule has 1 aliphatic heterocycles. The fraction of sp³-hybridized carbons (Fsp3) is 0.0455. The van der Waals surface area contributed by atoms with Gasteiger partial charge in [0.2, 0.25) is 17.5 Å². The Morgan fingerprint density at radius 2 is 0.515 bits per heavy atom. The van der Waals surface area contributed by atoms with Gasteiger partial charge in [0, 0.05) is 72.0 Å². The number of nitrogens with one attached hydrogen (secondary N) is 4. The third-order valence-electron chi connectivity index (χ3n) is 11.0. The number of rotatable bonds is 4. The molecule has 2 atom stereocenters. The third kappa shape index (κ3) is 6.46. The third-order valence-corrected chi connectivity index (χ3v) is 11.0. The Balaban J connectivity index is 1.54. The van der Waals surface area contributed by atoms with E-state index in [4.69, 9.17) is 0 Å². The van der Waals surface area contributed by atoms with Crippen LogP contribution in [0.25, 0.3) is 22.3 Å². The summed E-state index contributed by atoms with van der Waals surface area (Å²) in [5.74, 6) is -46.7. The Morgan fingerprint density at radius 3 is 0.809 bits per heavy atom. The maximum absolute atomic E-state index is 15.9. The molecule has 24 heteroatoms. The second-order valence-corrected chi connectivity index (χ2v) is 14.7. The Morgan fingerprint density at radius 1 is 0.265 bits per heavy atom. The molecule has 0 fully saturated rings. The molecule has 68 heavy (non-hydrogen) atoms. The van der Waals surface area contributed by atoms with Crippen LogP contribution in [-0.2, 0) is 0 Å². The van der Waals surface area contributed by atoms with Gasteiger partial charge in [-0.25, -0.2) is 87.8 Å². The first-order valence-corrected chi connectivity index (χ1v) is 18.6. The highest BCUT2D eigenvalue weighted by molar-refractivity contribution is 5.86. The van der Waals surface area contributed by atoms with E-state index in [0.29, 0.717) is 48.5 Å². The van der Waals surface area contributed by atoms with Crippen molar-refractivity contribution < 1.29 is 87.8 Å². The van der Waals surface area contributed by atoms with Crippen molar-refractivity contribution in [2.24, 2.45) is 0 Å². The van der Waals surface area contributed by atoms with Crippen molar-refractivity contribution in [3.63, 3.8) is 0 Å². The molecule has 2 unspecified atom stereocenters. The molecule has 9 rings (SSSR count). The Bertz CT molecular complexity index is 3630. The number of hydrogen-bond acceptors (Lipinski definition) is 0. The van der Waals surface area contributed by atoms with E-state index in [1.165, 1.54) is 0 Å². The fourth-order valence-corrected chi connectivity index (χ4v) is 7.89. The fourth-order valence-electron chi connectivity index (χ4n) is 7.89. The van der Waals surface area contributed by atoms with Crippen LogP contribution >= 0.6 is 0 Å². The SMILES string of the molecule is FC1=C(F)C(F)C(F)C(C2=c3ccc([nH]3)=C(c3c(F)c(F)c(F)c(F)c3F)c3ccc([nH]3)C(c3c(F)c(F)c(F)c(F)c3F)=c3ccc([nH]3)=C(c3c(F)c(F)c(F)c(F)c3F)c3ccc2[nH]3)=C1F. The molecular formula is C44H14F20N4. The van der Waals surface area contributed by atoms with Crippen LogP contribution in [0.15, 0.2) is 71.6 Å². The van der Waals surface area contributed by atoms with Crippen LogP contribution < -0.4 is 21.4 Å². The van der Waals surface area contributed by atoms with Crippen molar-refractivity contribution in [3.8, 4) is 0 Å². The number of halogens is 20. The summed E-state index contributed by atoms with van der Waals surface area (Å²) in [6.45, 7) is 0. The first-order chi connectivity index (χ1) is 32.1. The maximum Gasteiger partial charge on any atom is 0.200 e. The van der Waals surface area contributed by atoms with Gasteiger partial charge in [0.05, 0.1) is 16.7 Å². The topological polar surface area (TPSA) is 63.2 Å². The lowest BCUT2D eigenvalue weighted by Crippen LogP contribution is -2.30. The van der Waals surface area contributed by atoms with Crippen molar-refractivity contribution in [2.45, 2.75) is 12.3 Å². The molecule has 5 heterocycles. The van der Waals surface area contributed by atoms with Gasteiger partial charge in [0.15, 0.2) is 99.6 Å². The van der Waals surface area contributed by atoms with Gasteiger partial charge in [0.1, 0.15) is 0 Å². The predicted octanol–water partition coefficient (Wildman–Crippen LogP) is 9.40. The molecule has 4 nitrogen and oxygen atoms in total. The normalized spacial score (nSPS) is 16.6. The number of alkyl halides is 2. The molecular weight excluding hydrogens is 964 g/mol. The minimum Gasteiger partial charge on any atom is -0.354 e. The summed E-state index contributed by atoms with van der Waals surface area (Å²) in [4.78, 5) is 9.15. The average Bonchev–Trinajstić information content (AvgIpc) is 4.18. The largest absolute Gasteiger partial charge is 0.354 e. The molecule has 4 N–H and O–H groups in total. The van der Waals surface area contributed by atoms with Gasteiger partial charge in [-0.2, -0.15) is 0 Å². The molecule has 0 spiro atoms. The van der Waals surface area contributed by atoms with Gasteiger partial charge in [-0.3, -0.25) is 0 Å². The first kappa shape index (κ1) is 45.5. The van der Waals surface area contributed by atoms with E-state index in [1.807, 2.05) is 0 Å². The molecule has 3 aromatic carbocycles. The summed E-state index contributed by atoms with van der Waals surface area (Å²) >= 11 is 0. The van der Waals surface area contributed by atoms with Crippen LogP contribution in [0, 0.1) is 87.3 Å². The molecule has 0 radical (unpaired) electrons. The molecule has 2 aliphatic rings. The summed E-state index contributed by atoms with van der Waals surface area (Å²) < 4.78 is 304. The summed E-state index contributed by atoms with van der Waals surface area (Å²) in [6, 6.07) is 5.40. The van der Waals surface area contributed by atoms with Crippen molar-refractivity contribution >= 4 is 22.3 Å².